The van der Waals surface area contributed by atoms with E-state index in [1.54, 1.807) is 26.0 Å². The van der Waals surface area contributed by atoms with Crippen LogP contribution >= 0.6 is 0 Å². The lowest BCUT2D eigenvalue weighted by atomic mass is 9.72. The summed E-state index contributed by atoms with van der Waals surface area (Å²) in [6, 6.07) is 12.8. The largest absolute Gasteiger partial charge is 0.551 e. The third-order valence-electron chi connectivity index (χ3n) is 6.11. The predicted octanol–water partition coefficient (Wildman–Crippen LogP) is 1.64. The molecule has 1 aromatic carbocycles. The van der Waals surface area contributed by atoms with Gasteiger partial charge in [-0.1, -0.05) is 50.2 Å². The van der Waals surface area contributed by atoms with Crippen molar-refractivity contribution in [3.63, 3.8) is 0 Å². The summed E-state index contributed by atoms with van der Waals surface area (Å²) in [7, 11) is -1.23. The third-order valence-corrected chi connectivity index (χ3v) is 6.11. The predicted molar refractivity (Wildman–Crippen MR) is 149 cm³/mol. The first-order valence-electron chi connectivity index (χ1n) is 13.4. The van der Waals surface area contributed by atoms with Crippen molar-refractivity contribution in [2.75, 3.05) is 0 Å². The van der Waals surface area contributed by atoms with Crippen LogP contribution in [0.15, 0.2) is 48.5 Å². The van der Waals surface area contributed by atoms with Crippen molar-refractivity contribution >= 4 is 30.8 Å². The van der Waals surface area contributed by atoms with E-state index in [1.165, 1.54) is 13.0 Å². The van der Waals surface area contributed by atoms with Crippen LogP contribution in [-0.4, -0.2) is 71.1 Å². The number of hydrogen-bond acceptors (Lipinski definition) is 8. The van der Waals surface area contributed by atoms with E-state index in [-0.39, 0.29) is 24.1 Å². The Morgan fingerprint density at radius 3 is 2.33 bits per heavy atom. The van der Waals surface area contributed by atoms with Gasteiger partial charge in [0, 0.05) is 11.6 Å². The van der Waals surface area contributed by atoms with Gasteiger partial charge in [-0.2, -0.15) is 0 Å². The van der Waals surface area contributed by atoms with E-state index in [4.69, 9.17) is 9.31 Å². The maximum absolute atomic E-state index is 13.3. The number of nitrogens with zero attached hydrogens (tertiary/aromatic N) is 1. The molecule has 0 unspecified atom stereocenters. The first-order valence-corrected chi connectivity index (χ1v) is 13.4. The molecule has 12 heteroatoms. The quantitative estimate of drug-likeness (QED) is 0.307. The van der Waals surface area contributed by atoms with E-state index >= 15 is 0 Å². The van der Waals surface area contributed by atoms with Gasteiger partial charge in [-0.05, 0) is 45.2 Å². The number of carbonyl (C=O) groups excluding carboxylic acids is 4. The van der Waals surface area contributed by atoms with E-state index in [0.717, 1.165) is 5.56 Å². The highest BCUT2D eigenvalue weighted by molar-refractivity contribution is 6.50. The van der Waals surface area contributed by atoms with E-state index in [9.17, 15) is 24.3 Å². The molecule has 2 heterocycles. The molecule has 2 aromatic rings. The zero-order valence-electron chi connectivity index (χ0n) is 23.4. The van der Waals surface area contributed by atoms with Gasteiger partial charge in [-0.25, -0.2) is 4.98 Å². The molecule has 1 aromatic heterocycles. The van der Waals surface area contributed by atoms with Crippen LogP contribution in [0, 0.1) is 5.92 Å². The number of amides is 3. The van der Waals surface area contributed by atoms with Gasteiger partial charge in [0.2, 0.25) is 11.8 Å². The van der Waals surface area contributed by atoms with Crippen molar-refractivity contribution < 1.29 is 33.6 Å². The van der Waals surface area contributed by atoms with Crippen LogP contribution in [-0.2, 0) is 23.7 Å². The molecule has 40 heavy (non-hydrogen) atoms. The summed E-state index contributed by atoms with van der Waals surface area (Å²) >= 11 is 0. The highest BCUT2D eigenvalue weighted by Crippen LogP contribution is 2.19. The molecule has 3 amide bonds. The molecular formula is C28H37BN4O7. The first-order chi connectivity index (χ1) is 18.9. The van der Waals surface area contributed by atoms with Crippen LogP contribution in [0.4, 0.5) is 0 Å². The molecule has 3 rings (SSSR count). The van der Waals surface area contributed by atoms with Gasteiger partial charge in [0.15, 0.2) is 0 Å². The molecule has 4 N–H and O–H groups in total. The Morgan fingerprint density at radius 2 is 1.70 bits per heavy atom. The van der Waals surface area contributed by atoms with Crippen molar-refractivity contribution in [2.45, 2.75) is 77.7 Å². The smallest absolute Gasteiger partial charge is 0.508 e. The Balaban J connectivity index is 1.75. The summed E-state index contributed by atoms with van der Waals surface area (Å²) < 4.78 is 11.2. The number of benzene rings is 1. The van der Waals surface area contributed by atoms with Crippen LogP contribution in [0.5, 0.6) is 0 Å². The van der Waals surface area contributed by atoms with Gasteiger partial charge in [-0.3, -0.25) is 19.2 Å². The fraction of sp³-hybridized carbons (Fsp3) is 0.464. The number of aromatic nitrogens is 1. The minimum absolute atomic E-state index is 0.0435. The van der Waals surface area contributed by atoms with Crippen molar-refractivity contribution in [2.24, 2.45) is 5.92 Å². The Morgan fingerprint density at radius 1 is 1.00 bits per heavy atom. The average Bonchev–Trinajstić information content (AvgIpc) is 2.90. The van der Waals surface area contributed by atoms with Crippen LogP contribution in [0.3, 0.4) is 0 Å². The summed E-state index contributed by atoms with van der Waals surface area (Å²) in [6.45, 7) is 8.77. The van der Waals surface area contributed by atoms with Gasteiger partial charge >= 0.3 is 7.12 Å². The SMILES string of the molecule is CC(C)C[C@H](NC(=O)[C@@H](NC(=O)c1cccc(-c2ccccc2)n1)[C@@H](C)O)B1OC(=O)C[C@H](C(=O)NC(C)C)O1. The van der Waals surface area contributed by atoms with Crippen molar-refractivity contribution in [3.8, 4) is 11.3 Å². The van der Waals surface area contributed by atoms with Crippen molar-refractivity contribution in [3.05, 3.63) is 54.2 Å². The Bertz CT molecular complexity index is 1190. The highest BCUT2D eigenvalue weighted by atomic mass is 16.6. The Hall–Kier alpha value is -3.77. The van der Waals surface area contributed by atoms with E-state index < -0.39 is 55.0 Å². The normalized spacial score (nSPS) is 17.6. The Kier molecular flexibility index (Phi) is 10.8. The van der Waals surface area contributed by atoms with Gasteiger partial charge in [-0.15, -0.1) is 0 Å². The van der Waals surface area contributed by atoms with Gasteiger partial charge < -0.3 is 30.4 Å². The zero-order valence-corrected chi connectivity index (χ0v) is 23.4. The molecule has 214 valence electrons. The fourth-order valence-electron chi connectivity index (χ4n) is 4.25. The second-order valence-electron chi connectivity index (χ2n) is 10.6. The van der Waals surface area contributed by atoms with Gasteiger partial charge in [0.05, 0.1) is 24.2 Å². The summed E-state index contributed by atoms with van der Waals surface area (Å²) in [5.74, 6) is -3.24. The molecule has 4 atom stereocenters. The lowest BCUT2D eigenvalue weighted by molar-refractivity contribution is -0.149. The lowest BCUT2D eigenvalue weighted by Crippen LogP contribution is -2.61. The first kappa shape index (κ1) is 30.8. The monoisotopic (exact) mass is 552 g/mol. The molecule has 1 aliphatic rings. The van der Waals surface area contributed by atoms with E-state index in [1.807, 2.05) is 44.2 Å². The molecule has 1 fully saturated rings. The number of pyridine rings is 1. The summed E-state index contributed by atoms with van der Waals surface area (Å²) in [5.41, 5.74) is 1.47. The van der Waals surface area contributed by atoms with Crippen molar-refractivity contribution in [1.82, 2.24) is 20.9 Å². The maximum Gasteiger partial charge on any atom is 0.551 e. The third kappa shape index (κ3) is 8.62. The van der Waals surface area contributed by atoms with Crippen LogP contribution < -0.4 is 16.0 Å². The minimum atomic E-state index is -1.34. The second kappa shape index (κ2) is 14.0. The summed E-state index contributed by atoms with van der Waals surface area (Å²) in [5, 5.41) is 18.4. The minimum Gasteiger partial charge on any atom is -0.508 e. The molecule has 1 saturated heterocycles. The number of hydrogen-bond donors (Lipinski definition) is 4. The summed E-state index contributed by atoms with van der Waals surface area (Å²) in [4.78, 5) is 55.6. The van der Waals surface area contributed by atoms with Crippen LogP contribution in [0.1, 0.15) is 57.9 Å². The number of carbonyl (C=O) groups is 4. The topological polar surface area (TPSA) is 156 Å². The summed E-state index contributed by atoms with van der Waals surface area (Å²) in [6.07, 6.45) is -2.25. The molecule has 0 radical (unpaired) electrons. The molecule has 11 nitrogen and oxygen atoms in total. The molecule has 0 aliphatic carbocycles. The molecule has 0 bridgehead atoms. The standard InChI is InChI=1S/C28H37BN4O7/c1-16(2)14-23(29-39-22(15-24(35)40-29)27(37)30-17(3)4)32-28(38)25(18(5)34)33-26(36)21-13-9-12-20(31-21)19-10-7-6-8-11-19/h6-13,16-18,22-23,25,34H,14-15H2,1-5H3,(H,30,37)(H,32,38)(H,33,36)/t18-,22-,23+,25+/m1/s1. The van der Waals surface area contributed by atoms with Gasteiger partial charge in [0.1, 0.15) is 17.8 Å². The Labute approximate surface area is 234 Å². The molecule has 0 saturated carbocycles. The molecular weight excluding hydrogens is 515 g/mol. The molecule has 1 aliphatic heterocycles. The number of aliphatic hydroxyl groups excluding tert-OH is 1. The maximum atomic E-state index is 13.3. The highest BCUT2D eigenvalue weighted by Gasteiger charge is 2.45. The van der Waals surface area contributed by atoms with E-state index in [2.05, 4.69) is 20.9 Å². The number of nitrogens with one attached hydrogen (secondary N) is 3. The van der Waals surface area contributed by atoms with E-state index in [0.29, 0.717) is 12.1 Å². The second-order valence-corrected chi connectivity index (χ2v) is 10.6. The van der Waals surface area contributed by atoms with Crippen molar-refractivity contribution in [1.29, 1.82) is 0 Å². The number of rotatable bonds is 11. The number of aliphatic hydroxyl groups is 1. The van der Waals surface area contributed by atoms with Crippen LogP contribution in [0.25, 0.3) is 11.3 Å². The zero-order chi connectivity index (χ0) is 29.4. The van der Waals surface area contributed by atoms with Crippen LogP contribution in [0.2, 0.25) is 0 Å². The van der Waals surface area contributed by atoms with Gasteiger partial charge in [0.25, 0.3) is 11.9 Å². The fourth-order valence-corrected chi connectivity index (χ4v) is 4.25. The average molecular weight is 552 g/mol. The lowest BCUT2D eigenvalue weighted by Gasteiger charge is -2.33. The molecule has 0 spiro atoms.